The topological polar surface area (TPSA) is 119 Å². The van der Waals surface area contributed by atoms with Crippen molar-refractivity contribution in [2.75, 3.05) is 18.1 Å². The van der Waals surface area contributed by atoms with E-state index in [9.17, 15) is 19.5 Å². The van der Waals surface area contributed by atoms with Crippen LogP contribution in [0.15, 0.2) is 83.0 Å². The van der Waals surface area contributed by atoms with Crippen LogP contribution >= 0.6 is 11.3 Å². The number of aliphatic hydroxyl groups excluding tert-OH is 1. The molecular formula is C29H24N2O7S. The minimum atomic E-state index is -1.04. The van der Waals surface area contributed by atoms with Crippen LogP contribution in [0.5, 0.6) is 5.75 Å². The number of fused-ring (bicyclic) bond motifs is 1. The number of ether oxygens (including phenoxy) is 2. The van der Waals surface area contributed by atoms with Crippen molar-refractivity contribution in [3.63, 3.8) is 0 Å². The number of ketones is 1. The summed E-state index contributed by atoms with van der Waals surface area (Å²) in [5, 5.41) is 11.9. The van der Waals surface area contributed by atoms with Crippen molar-refractivity contribution >= 4 is 45.1 Å². The van der Waals surface area contributed by atoms with Gasteiger partial charge in [-0.2, -0.15) is 0 Å². The monoisotopic (exact) mass is 544 g/mol. The highest BCUT2D eigenvalue weighted by Gasteiger charge is 2.47. The number of aromatic nitrogens is 1. The molecular weight excluding hydrogens is 520 g/mol. The summed E-state index contributed by atoms with van der Waals surface area (Å²) in [7, 11) is 0. The molecule has 0 saturated heterocycles. The lowest BCUT2D eigenvalue weighted by atomic mass is 9.95. The van der Waals surface area contributed by atoms with Crippen molar-refractivity contribution < 1.29 is 33.4 Å². The van der Waals surface area contributed by atoms with Gasteiger partial charge in [0.1, 0.15) is 22.8 Å². The van der Waals surface area contributed by atoms with E-state index >= 15 is 0 Å². The van der Waals surface area contributed by atoms with Crippen LogP contribution in [-0.2, 0) is 9.53 Å². The van der Waals surface area contributed by atoms with Gasteiger partial charge < -0.3 is 19.0 Å². The van der Waals surface area contributed by atoms with Crippen molar-refractivity contribution in [3.05, 3.63) is 100 Å². The number of aliphatic hydroxyl groups is 1. The van der Waals surface area contributed by atoms with Crippen molar-refractivity contribution in [1.82, 2.24) is 4.98 Å². The molecule has 1 unspecified atom stereocenters. The Balaban J connectivity index is 1.61. The molecule has 4 aromatic rings. The molecule has 0 fully saturated rings. The van der Waals surface area contributed by atoms with E-state index in [2.05, 4.69) is 11.6 Å². The van der Waals surface area contributed by atoms with Gasteiger partial charge in [-0.05, 0) is 43.7 Å². The van der Waals surface area contributed by atoms with Gasteiger partial charge in [-0.25, -0.2) is 9.78 Å². The zero-order valence-electron chi connectivity index (χ0n) is 21.2. The third-order valence-corrected chi connectivity index (χ3v) is 7.25. The second-order valence-electron chi connectivity index (χ2n) is 8.62. The van der Waals surface area contributed by atoms with E-state index in [0.29, 0.717) is 34.6 Å². The number of hydrogen-bond donors (Lipinski definition) is 1. The summed E-state index contributed by atoms with van der Waals surface area (Å²) in [4.78, 5) is 45.7. The maximum Gasteiger partial charge on any atom is 0.350 e. The highest BCUT2D eigenvalue weighted by Crippen LogP contribution is 2.44. The van der Waals surface area contributed by atoms with Gasteiger partial charge in [0, 0.05) is 5.39 Å². The number of nitrogens with zero attached hydrogens (tertiary/aromatic N) is 2. The van der Waals surface area contributed by atoms with Gasteiger partial charge in [-0.1, -0.05) is 54.3 Å². The number of rotatable bonds is 9. The van der Waals surface area contributed by atoms with Gasteiger partial charge in [-0.15, -0.1) is 0 Å². The number of benzene rings is 2. The minimum absolute atomic E-state index is 0.0153. The number of carbonyl (C=O) groups is 3. The van der Waals surface area contributed by atoms with Crippen molar-refractivity contribution in [2.45, 2.75) is 19.9 Å². The van der Waals surface area contributed by atoms with Gasteiger partial charge in [0.2, 0.25) is 5.78 Å². The predicted octanol–water partition coefficient (Wildman–Crippen LogP) is 5.72. The normalized spacial score (nSPS) is 15.2. The van der Waals surface area contributed by atoms with Crippen molar-refractivity contribution in [1.29, 1.82) is 0 Å². The molecule has 10 heteroatoms. The molecule has 0 spiro atoms. The van der Waals surface area contributed by atoms with E-state index in [1.165, 1.54) is 11.0 Å². The van der Waals surface area contributed by atoms with Crippen molar-refractivity contribution in [2.24, 2.45) is 0 Å². The molecule has 2 aromatic heterocycles. The van der Waals surface area contributed by atoms with Crippen LogP contribution in [0.25, 0.3) is 11.0 Å². The standard InChI is InChI=1S/C29H24N2O7S/c1-4-14-37-28(35)26-16(3)30-29(39-26)31-23(17-10-12-19(13-11-17)36-5-2)22(25(33)27(31)34)24(32)21-15-18-8-6-7-9-20(18)38-21/h4,6-13,15,23,33H,1,5,14H2,2-3H3. The summed E-state index contributed by atoms with van der Waals surface area (Å²) >= 11 is 0.932. The van der Waals surface area contributed by atoms with E-state index < -0.39 is 29.5 Å². The molecule has 3 heterocycles. The number of Topliss-reactive ketones (excluding diaryl/α,β-unsaturated/α-hetero) is 1. The Bertz CT molecular complexity index is 1600. The summed E-state index contributed by atoms with van der Waals surface area (Å²) in [5.41, 5.74) is 1.21. The van der Waals surface area contributed by atoms with Gasteiger partial charge in [0.05, 0.1) is 23.9 Å². The first-order valence-corrected chi connectivity index (χ1v) is 12.9. The first kappa shape index (κ1) is 25.9. The fraction of sp³-hybridized carbons (Fsp3) is 0.172. The third kappa shape index (κ3) is 4.70. The van der Waals surface area contributed by atoms with Gasteiger partial charge in [-0.3, -0.25) is 14.5 Å². The fourth-order valence-electron chi connectivity index (χ4n) is 4.36. The maximum absolute atomic E-state index is 13.8. The molecule has 9 nitrogen and oxygen atoms in total. The van der Waals surface area contributed by atoms with Gasteiger partial charge in [0.25, 0.3) is 5.91 Å². The van der Waals surface area contributed by atoms with Gasteiger partial charge >= 0.3 is 5.97 Å². The quantitative estimate of drug-likeness (QED) is 0.161. The number of carbonyl (C=O) groups excluding carboxylic acids is 3. The lowest BCUT2D eigenvalue weighted by molar-refractivity contribution is -0.117. The van der Waals surface area contributed by atoms with E-state index in [1.54, 1.807) is 55.5 Å². The smallest absolute Gasteiger partial charge is 0.350 e. The lowest BCUT2D eigenvalue weighted by Gasteiger charge is -2.24. The Kier molecular flexibility index (Phi) is 7.03. The molecule has 39 heavy (non-hydrogen) atoms. The highest BCUT2D eigenvalue weighted by molar-refractivity contribution is 7.17. The molecule has 0 radical (unpaired) electrons. The second kappa shape index (κ2) is 10.6. The predicted molar refractivity (Wildman–Crippen MR) is 145 cm³/mol. The summed E-state index contributed by atoms with van der Waals surface area (Å²) < 4.78 is 16.5. The Labute approximate surface area is 227 Å². The molecule has 1 atom stereocenters. The number of amides is 1. The molecule has 0 saturated carbocycles. The number of thiazole rings is 1. The molecule has 0 bridgehead atoms. The SMILES string of the molecule is C=CCOC(=O)c1sc(N2C(=O)C(O)=C(C(=O)c3cc4ccccc4o3)C2c2ccc(OCC)cc2)nc1C. The molecule has 198 valence electrons. The first-order valence-electron chi connectivity index (χ1n) is 12.1. The third-order valence-electron chi connectivity index (χ3n) is 6.12. The maximum atomic E-state index is 13.8. The summed E-state index contributed by atoms with van der Waals surface area (Å²) in [6.45, 7) is 7.49. The van der Waals surface area contributed by atoms with E-state index in [0.717, 1.165) is 11.3 Å². The zero-order chi connectivity index (χ0) is 27.7. The second-order valence-corrected chi connectivity index (χ2v) is 9.60. The van der Waals surface area contributed by atoms with Gasteiger partial charge in [0.15, 0.2) is 16.7 Å². The summed E-state index contributed by atoms with van der Waals surface area (Å²) in [6, 6.07) is 14.5. The number of esters is 1. The van der Waals surface area contributed by atoms with Crippen LogP contribution in [0.2, 0.25) is 0 Å². The summed E-state index contributed by atoms with van der Waals surface area (Å²) in [6.07, 6.45) is 1.44. The minimum Gasteiger partial charge on any atom is -0.503 e. The van der Waals surface area contributed by atoms with Crippen molar-refractivity contribution in [3.8, 4) is 5.75 Å². The molecule has 1 aliphatic rings. The van der Waals surface area contributed by atoms with Crippen LogP contribution in [0, 0.1) is 6.92 Å². The van der Waals surface area contributed by atoms with Crippen LogP contribution in [0.4, 0.5) is 5.13 Å². The van der Waals surface area contributed by atoms with Crippen LogP contribution in [-0.4, -0.2) is 41.0 Å². The van der Waals surface area contributed by atoms with E-state index in [-0.39, 0.29) is 27.9 Å². The molecule has 0 aliphatic carbocycles. The zero-order valence-corrected chi connectivity index (χ0v) is 22.0. The van der Waals surface area contributed by atoms with E-state index in [1.807, 2.05) is 13.0 Å². The molecule has 5 rings (SSSR count). The molecule has 2 aromatic carbocycles. The number of aryl methyl sites for hydroxylation is 1. The Morgan fingerprint density at radius 2 is 1.95 bits per heavy atom. The average Bonchev–Trinajstić information content (AvgIpc) is 3.61. The first-order chi connectivity index (χ1) is 18.8. The molecule has 1 amide bonds. The Hall–Kier alpha value is -4.70. The number of para-hydroxylation sites is 1. The van der Waals surface area contributed by atoms with E-state index in [4.69, 9.17) is 13.9 Å². The number of furan rings is 1. The number of anilines is 1. The highest BCUT2D eigenvalue weighted by atomic mass is 32.1. The van der Waals surface area contributed by atoms with Crippen LogP contribution in [0.3, 0.4) is 0 Å². The fourth-order valence-corrected chi connectivity index (χ4v) is 5.35. The lowest BCUT2D eigenvalue weighted by Crippen LogP contribution is -2.31. The van der Waals surface area contributed by atoms with Crippen LogP contribution < -0.4 is 9.64 Å². The molecule has 1 N–H and O–H groups in total. The largest absolute Gasteiger partial charge is 0.503 e. The molecule has 1 aliphatic heterocycles. The Morgan fingerprint density at radius 3 is 2.64 bits per heavy atom. The average molecular weight is 545 g/mol. The van der Waals surface area contributed by atoms with Crippen LogP contribution in [0.1, 0.15) is 44.4 Å². The Morgan fingerprint density at radius 1 is 1.21 bits per heavy atom. The number of hydrogen-bond acceptors (Lipinski definition) is 9. The summed E-state index contributed by atoms with van der Waals surface area (Å²) in [5.74, 6) is -2.22.